The van der Waals surface area contributed by atoms with Crippen LogP contribution in [0.25, 0.3) is 88.6 Å². The summed E-state index contributed by atoms with van der Waals surface area (Å²) in [7, 11) is 0. The molecule has 3 nitrogen and oxygen atoms in total. The van der Waals surface area contributed by atoms with Crippen LogP contribution in [0.15, 0.2) is 138 Å². The standard InChI is InChI=1S/C38H22N2O/c1-2-9-26-25(8-1)28-17-16-23(24-13-7-14-32-29-11-5-6-15-35(29)41-38(24)32)22-33(28)27-10-3-4-12-30(27)36-31(26)18-19-34-37(36)40-21-20-39-34/h1-22H. The Labute approximate surface area is 236 Å². The fraction of sp³-hybridized carbons (Fsp3) is 0. The molecule has 0 bridgehead atoms. The van der Waals surface area contributed by atoms with Crippen molar-refractivity contribution in [2.45, 2.75) is 0 Å². The first-order valence-corrected chi connectivity index (χ1v) is 13.8. The summed E-state index contributed by atoms with van der Waals surface area (Å²) in [5.41, 5.74) is 15.3. The molecule has 2 aromatic heterocycles. The number of hydrogen-bond donors (Lipinski definition) is 0. The summed E-state index contributed by atoms with van der Waals surface area (Å²) >= 11 is 0. The normalized spacial score (nSPS) is 11.9. The molecule has 0 amide bonds. The molecule has 0 saturated carbocycles. The maximum Gasteiger partial charge on any atom is 0.143 e. The minimum Gasteiger partial charge on any atom is -0.455 e. The van der Waals surface area contributed by atoms with E-state index in [1.807, 2.05) is 12.1 Å². The fourth-order valence-electron chi connectivity index (χ4n) is 6.57. The summed E-state index contributed by atoms with van der Waals surface area (Å²) in [4.78, 5) is 9.48. The number of para-hydroxylation sites is 2. The van der Waals surface area contributed by atoms with Crippen molar-refractivity contribution in [1.29, 1.82) is 0 Å². The summed E-state index contributed by atoms with van der Waals surface area (Å²) in [6.45, 7) is 0. The Morgan fingerprint density at radius 3 is 1.95 bits per heavy atom. The van der Waals surface area contributed by atoms with Crippen LogP contribution in [0.1, 0.15) is 0 Å². The summed E-state index contributed by atoms with van der Waals surface area (Å²) in [5.74, 6) is 0. The third-order valence-corrected chi connectivity index (χ3v) is 8.37. The summed E-state index contributed by atoms with van der Waals surface area (Å²) in [6.07, 6.45) is 3.55. The number of aromatic nitrogens is 2. The predicted molar refractivity (Wildman–Crippen MR) is 168 cm³/mol. The summed E-state index contributed by atoms with van der Waals surface area (Å²) in [6, 6.07) is 43.2. The molecule has 0 atom stereocenters. The lowest BCUT2D eigenvalue weighted by molar-refractivity contribution is 0.670. The molecule has 8 aromatic rings. The van der Waals surface area contributed by atoms with Crippen LogP contribution in [0.2, 0.25) is 0 Å². The van der Waals surface area contributed by atoms with E-state index in [1.165, 1.54) is 33.4 Å². The number of nitrogens with zero attached hydrogens (tertiary/aromatic N) is 2. The first kappa shape index (κ1) is 22.3. The Kier molecular flexibility index (Phi) is 4.61. The molecule has 190 valence electrons. The molecule has 1 aliphatic rings. The molecular weight excluding hydrogens is 500 g/mol. The molecule has 0 spiro atoms. The third kappa shape index (κ3) is 3.20. The molecule has 2 heterocycles. The molecule has 3 heteroatoms. The average molecular weight is 523 g/mol. The second kappa shape index (κ2) is 8.48. The number of benzene rings is 6. The van der Waals surface area contributed by atoms with Gasteiger partial charge in [-0.3, -0.25) is 9.97 Å². The van der Waals surface area contributed by atoms with Crippen LogP contribution in [0.5, 0.6) is 0 Å². The van der Waals surface area contributed by atoms with Gasteiger partial charge in [-0.25, -0.2) is 0 Å². The van der Waals surface area contributed by atoms with Crippen molar-refractivity contribution in [3.63, 3.8) is 0 Å². The smallest absolute Gasteiger partial charge is 0.143 e. The van der Waals surface area contributed by atoms with Crippen molar-refractivity contribution in [2.75, 3.05) is 0 Å². The molecule has 9 rings (SSSR count). The van der Waals surface area contributed by atoms with Gasteiger partial charge < -0.3 is 4.42 Å². The van der Waals surface area contributed by atoms with Crippen molar-refractivity contribution in [1.82, 2.24) is 9.97 Å². The zero-order valence-corrected chi connectivity index (χ0v) is 22.0. The zero-order valence-electron chi connectivity index (χ0n) is 22.0. The van der Waals surface area contributed by atoms with Gasteiger partial charge in [-0.05, 0) is 62.7 Å². The Morgan fingerprint density at radius 1 is 0.439 bits per heavy atom. The van der Waals surface area contributed by atoms with Crippen LogP contribution in [0.4, 0.5) is 0 Å². The topological polar surface area (TPSA) is 38.9 Å². The van der Waals surface area contributed by atoms with Gasteiger partial charge >= 0.3 is 0 Å². The number of hydrogen-bond acceptors (Lipinski definition) is 3. The Morgan fingerprint density at radius 2 is 1.07 bits per heavy atom. The summed E-state index contributed by atoms with van der Waals surface area (Å²) < 4.78 is 6.43. The van der Waals surface area contributed by atoms with Crippen molar-refractivity contribution < 1.29 is 4.42 Å². The molecule has 0 radical (unpaired) electrons. The lowest BCUT2D eigenvalue weighted by Gasteiger charge is -2.24. The summed E-state index contributed by atoms with van der Waals surface area (Å²) in [5, 5.41) is 2.27. The van der Waals surface area contributed by atoms with Crippen molar-refractivity contribution in [3.8, 4) is 55.6 Å². The van der Waals surface area contributed by atoms with Gasteiger partial charge in [0, 0.05) is 34.3 Å². The third-order valence-electron chi connectivity index (χ3n) is 8.37. The highest BCUT2D eigenvalue weighted by atomic mass is 16.3. The van der Waals surface area contributed by atoms with Gasteiger partial charge in [-0.2, -0.15) is 0 Å². The first-order chi connectivity index (χ1) is 20.3. The average Bonchev–Trinajstić information content (AvgIpc) is 3.42. The second-order valence-electron chi connectivity index (χ2n) is 10.5. The quantitative estimate of drug-likeness (QED) is 0.215. The highest BCUT2D eigenvalue weighted by Gasteiger charge is 2.24. The molecule has 0 fully saturated rings. The van der Waals surface area contributed by atoms with Gasteiger partial charge in [-0.1, -0.05) is 103 Å². The van der Waals surface area contributed by atoms with E-state index < -0.39 is 0 Å². The molecule has 1 aliphatic carbocycles. The maximum absolute atomic E-state index is 6.43. The van der Waals surface area contributed by atoms with Crippen molar-refractivity contribution in [3.05, 3.63) is 134 Å². The monoisotopic (exact) mass is 522 g/mol. The highest BCUT2D eigenvalue weighted by Crippen LogP contribution is 2.50. The highest BCUT2D eigenvalue weighted by molar-refractivity contribution is 6.12. The van der Waals surface area contributed by atoms with E-state index in [0.29, 0.717) is 0 Å². The van der Waals surface area contributed by atoms with E-state index in [4.69, 9.17) is 9.40 Å². The van der Waals surface area contributed by atoms with Crippen LogP contribution >= 0.6 is 0 Å². The van der Waals surface area contributed by atoms with Gasteiger partial charge in [0.15, 0.2) is 0 Å². The molecule has 6 aromatic carbocycles. The minimum atomic E-state index is 0.893. The molecule has 0 N–H and O–H groups in total. The SMILES string of the molecule is c1ccc2c(c1)-c1ccc(-c3cccc4c3oc3ccccc34)cc1-c1ccccc1-c1c-2ccc2nccnc12. The number of rotatable bonds is 1. The van der Waals surface area contributed by atoms with Crippen molar-refractivity contribution >= 4 is 33.0 Å². The predicted octanol–water partition coefficient (Wildman–Crippen LogP) is 10.2. The van der Waals surface area contributed by atoms with Crippen LogP contribution in [0.3, 0.4) is 0 Å². The largest absolute Gasteiger partial charge is 0.455 e. The van der Waals surface area contributed by atoms with E-state index in [-0.39, 0.29) is 0 Å². The molecule has 0 saturated heterocycles. The van der Waals surface area contributed by atoms with E-state index >= 15 is 0 Å². The molecule has 0 unspecified atom stereocenters. The van der Waals surface area contributed by atoms with E-state index in [2.05, 4.69) is 114 Å². The first-order valence-electron chi connectivity index (χ1n) is 13.8. The lowest BCUT2D eigenvalue weighted by Crippen LogP contribution is -1.99. The Hall–Kier alpha value is -5.54. The van der Waals surface area contributed by atoms with Gasteiger partial charge in [0.25, 0.3) is 0 Å². The van der Waals surface area contributed by atoms with Gasteiger partial charge in [-0.15, -0.1) is 0 Å². The van der Waals surface area contributed by atoms with Crippen LogP contribution in [0, 0.1) is 0 Å². The van der Waals surface area contributed by atoms with Gasteiger partial charge in [0.1, 0.15) is 11.2 Å². The van der Waals surface area contributed by atoms with Gasteiger partial charge in [0.2, 0.25) is 0 Å². The van der Waals surface area contributed by atoms with Crippen LogP contribution in [-0.2, 0) is 0 Å². The van der Waals surface area contributed by atoms with Crippen LogP contribution in [-0.4, -0.2) is 9.97 Å². The van der Waals surface area contributed by atoms with Crippen molar-refractivity contribution in [2.24, 2.45) is 0 Å². The van der Waals surface area contributed by atoms with E-state index in [9.17, 15) is 0 Å². The maximum atomic E-state index is 6.43. The van der Waals surface area contributed by atoms with Crippen LogP contribution < -0.4 is 0 Å². The molecule has 41 heavy (non-hydrogen) atoms. The number of fused-ring (bicyclic) bond motifs is 13. The minimum absolute atomic E-state index is 0.893. The second-order valence-corrected chi connectivity index (χ2v) is 10.5. The lowest BCUT2D eigenvalue weighted by atomic mass is 9.79. The zero-order chi connectivity index (χ0) is 26.9. The van der Waals surface area contributed by atoms with E-state index in [1.54, 1.807) is 12.4 Å². The Bertz CT molecular complexity index is 2330. The molecular formula is C38H22N2O. The van der Waals surface area contributed by atoms with Gasteiger partial charge in [0.05, 0.1) is 11.0 Å². The molecule has 0 aliphatic heterocycles. The Balaban J connectivity index is 1.38. The fourth-order valence-corrected chi connectivity index (χ4v) is 6.57. The van der Waals surface area contributed by atoms with E-state index in [0.717, 1.165) is 55.2 Å². The number of furan rings is 1.